The van der Waals surface area contributed by atoms with E-state index in [9.17, 15) is 0 Å². The van der Waals surface area contributed by atoms with Crippen LogP contribution in [0.1, 0.15) is 30.4 Å². The Morgan fingerprint density at radius 1 is 0.786 bits per heavy atom. The molecule has 0 spiro atoms. The summed E-state index contributed by atoms with van der Waals surface area (Å²) in [4.78, 5) is 2.37. The highest BCUT2D eigenvalue weighted by Crippen LogP contribution is 2.46. The molecule has 3 aromatic rings. The van der Waals surface area contributed by atoms with Crippen molar-refractivity contribution in [2.75, 3.05) is 18.1 Å². The van der Waals surface area contributed by atoms with Gasteiger partial charge < -0.3 is 14.4 Å². The molecule has 0 unspecified atom stereocenters. The van der Waals surface area contributed by atoms with E-state index in [0.29, 0.717) is 0 Å². The number of benzene rings is 3. The molecule has 4 rings (SSSR count). The van der Waals surface area contributed by atoms with Crippen molar-refractivity contribution in [2.24, 2.45) is 0 Å². The van der Waals surface area contributed by atoms with Gasteiger partial charge in [0.1, 0.15) is 5.75 Å². The molecule has 0 radical (unpaired) electrons. The Morgan fingerprint density at radius 3 is 2.18 bits per heavy atom. The number of ether oxygens (including phenoxy) is 2. The van der Waals surface area contributed by atoms with E-state index >= 15 is 0 Å². The lowest BCUT2D eigenvalue weighted by molar-refractivity contribution is 0.303. The van der Waals surface area contributed by atoms with E-state index in [0.717, 1.165) is 61.0 Å². The van der Waals surface area contributed by atoms with Crippen LogP contribution in [-0.2, 0) is 0 Å². The number of aryl methyl sites for hydroxylation is 2. The van der Waals surface area contributed by atoms with Crippen LogP contribution in [0.2, 0.25) is 0 Å². The summed E-state index contributed by atoms with van der Waals surface area (Å²) in [7, 11) is 0. The zero-order chi connectivity index (χ0) is 19.3. The predicted molar refractivity (Wildman–Crippen MR) is 115 cm³/mol. The van der Waals surface area contributed by atoms with Gasteiger partial charge in [-0.25, -0.2) is 0 Å². The number of rotatable bonds is 7. The first-order valence-electron chi connectivity index (χ1n) is 10.1. The molecule has 0 bridgehead atoms. The van der Waals surface area contributed by atoms with Crippen molar-refractivity contribution in [3.8, 4) is 17.2 Å². The molecule has 0 fully saturated rings. The molecule has 3 aromatic carbocycles. The lowest BCUT2D eigenvalue weighted by Crippen LogP contribution is -2.22. The Morgan fingerprint density at radius 2 is 1.46 bits per heavy atom. The molecule has 1 heterocycles. The topological polar surface area (TPSA) is 21.7 Å². The fourth-order valence-corrected chi connectivity index (χ4v) is 3.62. The van der Waals surface area contributed by atoms with Gasteiger partial charge in [-0.15, -0.1) is 0 Å². The Kier molecular flexibility index (Phi) is 5.52. The number of unbranched alkanes of at least 4 members (excludes halogenated alkanes) is 2. The number of nitrogens with zero attached hydrogens (tertiary/aromatic N) is 1. The zero-order valence-electron chi connectivity index (χ0n) is 16.7. The van der Waals surface area contributed by atoms with Gasteiger partial charge in [-0.05, 0) is 74.6 Å². The van der Waals surface area contributed by atoms with Gasteiger partial charge >= 0.3 is 0 Å². The van der Waals surface area contributed by atoms with Gasteiger partial charge in [0, 0.05) is 6.54 Å². The molecule has 0 aromatic heterocycles. The SMILES string of the molecule is Cc1ccc(C)c(OCCCCCN2c3ccccc3Oc3ccccc32)c1. The quantitative estimate of drug-likeness (QED) is 0.425. The largest absolute Gasteiger partial charge is 0.493 e. The first-order valence-corrected chi connectivity index (χ1v) is 10.1. The first kappa shape index (κ1) is 18.4. The molecule has 0 aliphatic carbocycles. The third-order valence-electron chi connectivity index (χ3n) is 5.16. The molecule has 1 aliphatic rings. The first-order chi connectivity index (χ1) is 13.7. The van der Waals surface area contributed by atoms with Crippen molar-refractivity contribution < 1.29 is 9.47 Å². The molecule has 0 atom stereocenters. The average Bonchev–Trinajstić information content (AvgIpc) is 2.72. The van der Waals surface area contributed by atoms with Crippen LogP contribution >= 0.6 is 0 Å². The van der Waals surface area contributed by atoms with Gasteiger partial charge in [0.15, 0.2) is 11.5 Å². The van der Waals surface area contributed by atoms with Gasteiger partial charge in [0.05, 0.1) is 18.0 Å². The second-order valence-corrected chi connectivity index (χ2v) is 7.37. The third-order valence-corrected chi connectivity index (χ3v) is 5.16. The molecule has 0 amide bonds. The highest BCUT2D eigenvalue weighted by Gasteiger charge is 2.22. The van der Waals surface area contributed by atoms with E-state index < -0.39 is 0 Å². The molecule has 3 heteroatoms. The van der Waals surface area contributed by atoms with Crippen molar-refractivity contribution in [1.82, 2.24) is 0 Å². The Balaban J connectivity index is 1.32. The second kappa shape index (κ2) is 8.39. The van der Waals surface area contributed by atoms with Crippen LogP contribution in [-0.4, -0.2) is 13.2 Å². The van der Waals surface area contributed by atoms with Crippen LogP contribution in [0.15, 0.2) is 66.7 Å². The van der Waals surface area contributed by atoms with E-state index in [1.54, 1.807) is 0 Å². The summed E-state index contributed by atoms with van der Waals surface area (Å²) < 4.78 is 12.0. The smallest absolute Gasteiger partial charge is 0.151 e. The van der Waals surface area contributed by atoms with Crippen molar-refractivity contribution in [2.45, 2.75) is 33.1 Å². The summed E-state index contributed by atoms with van der Waals surface area (Å²) in [5.74, 6) is 2.87. The summed E-state index contributed by atoms with van der Waals surface area (Å²) in [5, 5.41) is 0. The van der Waals surface area contributed by atoms with Gasteiger partial charge in [-0.2, -0.15) is 0 Å². The van der Waals surface area contributed by atoms with Crippen molar-refractivity contribution in [1.29, 1.82) is 0 Å². The predicted octanol–water partition coefficient (Wildman–Crippen LogP) is 6.80. The van der Waals surface area contributed by atoms with Gasteiger partial charge in [-0.1, -0.05) is 36.4 Å². The summed E-state index contributed by atoms with van der Waals surface area (Å²) >= 11 is 0. The minimum atomic E-state index is 0.764. The van der Waals surface area contributed by atoms with Crippen LogP contribution in [0.5, 0.6) is 17.2 Å². The molecular weight excluding hydrogens is 346 g/mol. The van der Waals surface area contributed by atoms with E-state index in [1.807, 2.05) is 24.3 Å². The van der Waals surface area contributed by atoms with Crippen LogP contribution in [0.4, 0.5) is 11.4 Å². The van der Waals surface area contributed by atoms with Crippen molar-refractivity contribution >= 4 is 11.4 Å². The van der Waals surface area contributed by atoms with Crippen LogP contribution in [0.3, 0.4) is 0 Å². The molecule has 28 heavy (non-hydrogen) atoms. The number of fused-ring (bicyclic) bond motifs is 2. The average molecular weight is 373 g/mol. The minimum absolute atomic E-state index is 0.764. The van der Waals surface area contributed by atoms with E-state index in [2.05, 4.69) is 61.2 Å². The molecule has 3 nitrogen and oxygen atoms in total. The summed E-state index contributed by atoms with van der Waals surface area (Å²) in [6, 6.07) is 22.9. The molecule has 0 saturated carbocycles. The second-order valence-electron chi connectivity index (χ2n) is 7.37. The van der Waals surface area contributed by atoms with Gasteiger partial charge in [-0.3, -0.25) is 0 Å². The minimum Gasteiger partial charge on any atom is -0.493 e. The Hall–Kier alpha value is -2.94. The van der Waals surface area contributed by atoms with Crippen molar-refractivity contribution in [3.63, 3.8) is 0 Å². The lowest BCUT2D eigenvalue weighted by Gasteiger charge is -2.32. The monoisotopic (exact) mass is 373 g/mol. The number of hydrogen-bond donors (Lipinski definition) is 0. The highest BCUT2D eigenvalue weighted by molar-refractivity contribution is 5.77. The van der Waals surface area contributed by atoms with Crippen LogP contribution < -0.4 is 14.4 Å². The summed E-state index contributed by atoms with van der Waals surface area (Å²) in [6.45, 7) is 5.94. The fraction of sp³-hybridized carbons (Fsp3) is 0.280. The molecular formula is C25H27NO2. The Bertz CT molecular complexity index is 905. The van der Waals surface area contributed by atoms with Crippen LogP contribution in [0, 0.1) is 13.8 Å². The van der Waals surface area contributed by atoms with E-state index in [1.165, 1.54) is 11.1 Å². The number of para-hydroxylation sites is 4. The Labute approximate surface area is 167 Å². The lowest BCUT2D eigenvalue weighted by atomic mass is 10.1. The number of hydrogen-bond acceptors (Lipinski definition) is 3. The van der Waals surface area contributed by atoms with Crippen molar-refractivity contribution in [3.05, 3.63) is 77.9 Å². The maximum Gasteiger partial charge on any atom is 0.151 e. The molecule has 0 saturated heterocycles. The van der Waals surface area contributed by atoms with E-state index in [4.69, 9.17) is 9.47 Å². The highest BCUT2D eigenvalue weighted by atomic mass is 16.5. The summed E-state index contributed by atoms with van der Waals surface area (Å²) in [5.41, 5.74) is 4.73. The molecule has 0 N–H and O–H groups in total. The third kappa shape index (κ3) is 3.99. The summed E-state index contributed by atoms with van der Waals surface area (Å²) in [6.07, 6.45) is 3.30. The maximum absolute atomic E-state index is 6.06. The maximum atomic E-state index is 6.06. The zero-order valence-corrected chi connectivity index (χ0v) is 16.7. The van der Waals surface area contributed by atoms with Crippen LogP contribution in [0.25, 0.3) is 0 Å². The fourth-order valence-electron chi connectivity index (χ4n) is 3.62. The van der Waals surface area contributed by atoms with Gasteiger partial charge in [0.25, 0.3) is 0 Å². The van der Waals surface area contributed by atoms with E-state index in [-0.39, 0.29) is 0 Å². The van der Waals surface area contributed by atoms with Gasteiger partial charge in [0.2, 0.25) is 0 Å². The number of anilines is 2. The molecule has 1 aliphatic heterocycles. The normalized spacial score (nSPS) is 12.1. The molecule has 144 valence electrons. The standard InChI is InChI=1S/C25H27NO2/c1-19-14-15-20(2)25(18-19)27-17-9-3-8-16-26-21-10-4-6-12-23(21)28-24-13-7-5-11-22(24)26/h4-7,10-15,18H,3,8-9,16-17H2,1-2H3.